The topological polar surface area (TPSA) is 79.7 Å². The van der Waals surface area contributed by atoms with Crippen LogP contribution in [-0.2, 0) is 9.59 Å². The Morgan fingerprint density at radius 2 is 1.85 bits per heavy atom. The first kappa shape index (κ1) is 22.6. The lowest BCUT2D eigenvalue weighted by Crippen LogP contribution is -2.30. The number of aliphatic hydroxyl groups is 1. The standard InChI is InChI=1S/C26H23ClN2O4/c1-14-7-8-16(3)20(12-14)29-22(17-6-5-9-28-13-17)21(24(31)26(29)32)23(30)18-10-15(2)11-19(27)25(18)33-4/h5-13,22,30H,1-4H3/b23-21+. The molecule has 4 rings (SSSR count). The van der Waals surface area contributed by atoms with Gasteiger partial charge in [-0.15, -0.1) is 0 Å². The number of aryl methyl sites for hydroxylation is 3. The van der Waals surface area contributed by atoms with E-state index in [-0.39, 0.29) is 22.6 Å². The molecule has 1 unspecified atom stereocenters. The number of ketones is 1. The van der Waals surface area contributed by atoms with Crippen molar-refractivity contribution < 1.29 is 19.4 Å². The Morgan fingerprint density at radius 3 is 2.52 bits per heavy atom. The minimum absolute atomic E-state index is 0.0473. The molecule has 0 saturated carbocycles. The molecule has 1 amide bonds. The number of ether oxygens (including phenoxy) is 1. The van der Waals surface area contributed by atoms with Gasteiger partial charge in [-0.2, -0.15) is 0 Å². The summed E-state index contributed by atoms with van der Waals surface area (Å²) in [6.07, 6.45) is 3.19. The maximum atomic E-state index is 13.3. The number of hydrogen-bond donors (Lipinski definition) is 1. The largest absolute Gasteiger partial charge is 0.507 e. The highest BCUT2D eigenvalue weighted by Gasteiger charge is 2.47. The van der Waals surface area contributed by atoms with E-state index in [4.69, 9.17) is 16.3 Å². The third-order valence-electron chi connectivity index (χ3n) is 5.72. The minimum atomic E-state index is -0.872. The van der Waals surface area contributed by atoms with Crippen molar-refractivity contribution in [2.75, 3.05) is 12.0 Å². The molecule has 1 aliphatic rings. The fraction of sp³-hybridized carbons (Fsp3) is 0.192. The second-order valence-electron chi connectivity index (χ2n) is 8.07. The van der Waals surface area contributed by atoms with Crippen molar-refractivity contribution in [2.24, 2.45) is 0 Å². The van der Waals surface area contributed by atoms with E-state index in [0.29, 0.717) is 16.3 Å². The third kappa shape index (κ3) is 3.87. The molecule has 1 N–H and O–H groups in total. The van der Waals surface area contributed by atoms with Gasteiger partial charge in [0.05, 0.1) is 29.3 Å². The quantitative estimate of drug-likeness (QED) is 0.323. The van der Waals surface area contributed by atoms with Crippen molar-refractivity contribution in [3.05, 3.63) is 93.3 Å². The first-order valence-electron chi connectivity index (χ1n) is 10.4. The number of carbonyl (C=O) groups excluding carboxylic acids is 2. The first-order valence-corrected chi connectivity index (χ1v) is 10.7. The summed E-state index contributed by atoms with van der Waals surface area (Å²) < 4.78 is 5.41. The molecule has 1 fully saturated rings. The number of amides is 1. The molecular formula is C26H23ClN2O4. The van der Waals surface area contributed by atoms with Crippen molar-refractivity contribution in [3.8, 4) is 5.75 Å². The predicted octanol–water partition coefficient (Wildman–Crippen LogP) is 5.30. The molecule has 1 aromatic heterocycles. The molecule has 1 atom stereocenters. The van der Waals surface area contributed by atoms with Gasteiger partial charge in [0, 0.05) is 18.1 Å². The van der Waals surface area contributed by atoms with Crippen molar-refractivity contribution in [1.29, 1.82) is 0 Å². The SMILES string of the molecule is COc1c(Cl)cc(C)cc1/C(O)=C1\C(=O)C(=O)N(c2cc(C)ccc2C)C1c1cccnc1. The van der Waals surface area contributed by atoms with Gasteiger partial charge >= 0.3 is 0 Å². The maximum Gasteiger partial charge on any atom is 0.300 e. The summed E-state index contributed by atoms with van der Waals surface area (Å²) in [5, 5.41) is 11.7. The number of methoxy groups -OCH3 is 1. The van der Waals surface area contributed by atoms with Crippen LogP contribution in [0.5, 0.6) is 5.75 Å². The van der Waals surface area contributed by atoms with Gasteiger partial charge in [-0.25, -0.2) is 0 Å². The van der Waals surface area contributed by atoms with Crippen LogP contribution >= 0.6 is 11.6 Å². The highest BCUT2D eigenvalue weighted by molar-refractivity contribution is 6.52. The molecule has 0 spiro atoms. The van der Waals surface area contributed by atoms with E-state index in [0.717, 1.165) is 16.7 Å². The normalized spacial score (nSPS) is 17.5. The van der Waals surface area contributed by atoms with E-state index in [1.54, 1.807) is 36.7 Å². The Bertz CT molecular complexity index is 1300. The summed E-state index contributed by atoms with van der Waals surface area (Å²) in [7, 11) is 1.43. The number of pyridine rings is 1. The molecule has 168 valence electrons. The smallest absolute Gasteiger partial charge is 0.300 e. The molecular weight excluding hydrogens is 440 g/mol. The molecule has 33 heavy (non-hydrogen) atoms. The van der Waals surface area contributed by atoms with Gasteiger partial charge in [-0.05, 0) is 67.3 Å². The number of benzene rings is 2. The highest BCUT2D eigenvalue weighted by Crippen LogP contribution is 2.45. The highest BCUT2D eigenvalue weighted by atomic mass is 35.5. The number of rotatable bonds is 4. The molecule has 0 aliphatic carbocycles. The number of nitrogens with zero attached hydrogens (tertiary/aromatic N) is 2. The van der Waals surface area contributed by atoms with Gasteiger partial charge in [-0.3, -0.25) is 19.5 Å². The van der Waals surface area contributed by atoms with Gasteiger partial charge in [-0.1, -0.05) is 29.8 Å². The lowest BCUT2D eigenvalue weighted by molar-refractivity contribution is -0.132. The summed E-state index contributed by atoms with van der Waals surface area (Å²) in [5.41, 5.74) is 3.92. The molecule has 7 heteroatoms. The van der Waals surface area contributed by atoms with Gasteiger partial charge in [0.15, 0.2) is 0 Å². The number of aliphatic hydroxyl groups excluding tert-OH is 1. The van der Waals surface area contributed by atoms with E-state index in [2.05, 4.69) is 4.98 Å². The Hall–Kier alpha value is -3.64. The van der Waals surface area contributed by atoms with Crippen LogP contribution in [-0.4, -0.2) is 28.9 Å². The lowest BCUT2D eigenvalue weighted by atomic mass is 9.95. The van der Waals surface area contributed by atoms with Crippen molar-refractivity contribution in [2.45, 2.75) is 26.8 Å². The van der Waals surface area contributed by atoms with E-state index in [1.807, 2.05) is 39.0 Å². The number of hydrogen-bond acceptors (Lipinski definition) is 5. The van der Waals surface area contributed by atoms with Crippen LogP contribution in [0.2, 0.25) is 5.02 Å². The summed E-state index contributed by atoms with van der Waals surface area (Å²) in [5.74, 6) is -1.64. The zero-order valence-electron chi connectivity index (χ0n) is 18.7. The molecule has 1 saturated heterocycles. The second kappa shape index (κ2) is 8.71. The monoisotopic (exact) mass is 462 g/mol. The zero-order chi connectivity index (χ0) is 23.9. The zero-order valence-corrected chi connectivity index (χ0v) is 19.5. The Labute approximate surface area is 197 Å². The summed E-state index contributed by atoms with van der Waals surface area (Å²) in [4.78, 5) is 32.3. The number of anilines is 1. The van der Waals surface area contributed by atoms with Crippen LogP contribution in [0.25, 0.3) is 5.76 Å². The van der Waals surface area contributed by atoms with Crippen LogP contribution in [0, 0.1) is 20.8 Å². The summed E-state index contributed by atoms with van der Waals surface area (Å²) in [6, 6.07) is 11.7. The molecule has 0 radical (unpaired) electrons. The first-order chi connectivity index (χ1) is 15.7. The second-order valence-corrected chi connectivity index (χ2v) is 8.48. The molecule has 2 heterocycles. The van der Waals surface area contributed by atoms with Crippen molar-refractivity contribution in [1.82, 2.24) is 4.98 Å². The Kier molecular flexibility index (Phi) is 5.95. The van der Waals surface area contributed by atoms with Gasteiger partial charge < -0.3 is 9.84 Å². The van der Waals surface area contributed by atoms with Gasteiger partial charge in [0.1, 0.15) is 11.5 Å². The predicted molar refractivity (Wildman–Crippen MR) is 128 cm³/mol. The van der Waals surface area contributed by atoms with E-state index >= 15 is 0 Å². The average Bonchev–Trinajstić information content (AvgIpc) is 3.05. The van der Waals surface area contributed by atoms with Crippen LogP contribution in [0.4, 0.5) is 5.69 Å². The molecule has 6 nitrogen and oxygen atoms in total. The molecule has 1 aliphatic heterocycles. The fourth-order valence-corrected chi connectivity index (χ4v) is 4.52. The number of carbonyl (C=O) groups is 2. The van der Waals surface area contributed by atoms with Crippen molar-refractivity contribution in [3.63, 3.8) is 0 Å². The van der Waals surface area contributed by atoms with Crippen LogP contribution in [0.3, 0.4) is 0 Å². The summed E-state index contributed by atoms with van der Waals surface area (Å²) in [6.45, 7) is 5.60. The Balaban J connectivity index is 2.03. The molecule has 3 aromatic rings. The molecule has 0 bridgehead atoms. The van der Waals surface area contributed by atoms with Crippen LogP contribution in [0.15, 0.2) is 60.4 Å². The van der Waals surface area contributed by atoms with Crippen molar-refractivity contribution >= 4 is 34.7 Å². The van der Waals surface area contributed by atoms with Gasteiger partial charge in [0.25, 0.3) is 11.7 Å². The Morgan fingerprint density at radius 1 is 1.09 bits per heavy atom. The number of Topliss-reactive ketones (excluding diaryl/α,β-unsaturated/α-hetero) is 1. The van der Waals surface area contributed by atoms with Crippen LogP contribution < -0.4 is 9.64 Å². The maximum absolute atomic E-state index is 13.3. The van der Waals surface area contributed by atoms with E-state index in [9.17, 15) is 14.7 Å². The lowest BCUT2D eigenvalue weighted by Gasteiger charge is -2.27. The van der Waals surface area contributed by atoms with E-state index in [1.165, 1.54) is 12.0 Å². The molecule has 2 aromatic carbocycles. The average molecular weight is 463 g/mol. The number of halogens is 1. The van der Waals surface area contributed by atoms with E-state index < -0.39 is 17.7 Å². The third-order valence-corrected chi connectivity index (χ3v) is 6.00. The van der Waals surface area contributed by atoms with Crippen LogP contribution in [0.1, 0.15) is 33.9 Å². The summed E-state index contributed by atoms with van der Waals surface area (Å²) >= 11 is 6.34. The van der Waals surface area contributed by atoms with Gasteiger partial charge in [0.2, 0.25) is 0 Å². The fourth-order valence-electron chi connectivity index (χ4n) is 4.17. The minimum Gasteiger partial charge on any atom is -0.507 e. The number of aromatic nitrogens is 1.